The highest BCUT2D eigenvalue weighted by Gasteiger charge is 2.18. The number of hydrogen-bond acceptors (Lipinski definition) is 4. The van der Waals surface area contributed by atoms with Gasteiger partial charge >= 0.3 is 0 Å². The summed E-state index contributed by atoms with van der Waals surface area (Å²) in [5, 5.41) is 13.0. The second kappa shape index (κ2) is 5.30. The van der Waals surface area contributed by atoms with Crippen LogP contribution in [-0.2, 0) is 5.41 Å². The zero-order valence-electron chi connectivity index (χ0n) is 14.0. The molecule has 5 nitrogen and oxygen atoms in total. The van der Waals surface area contributed by atoms with E-state index in [1.165, 1.54) is 5.39 Å². The predicted octanol–water partition coefficient (Wildman–Crippen LogP) is 4.55. The minimum absolute atomic E-state index is 0.0107. The van der Waals surface area contributed by atoms with E-state index >= 15 is 0 Å². The SMILES string of the molecule is CC(C)(C)c1nccc2cc(Nc3n[nH]c4cccnc34)ccc12. The number of aromatic amines is 1. The zero-order chi connectivity index (χ0) is 16.7. The maximum atomic E-state index is 4.58. The first kappa shape index (κ1) is 14.6. The van der Waals surface area contributed by atoms with Crippen LogP contribution in [0.4, 0.5) is 11.5 Å². The number of pyridine rings is 2. The van der Waals surface area contributed by atoms with E-state index in [1.807, 2.05) is 24.4 Å². The lowest BCUT2D eigenvalue weighted by Gasteiger charge is -2.20. The molecule has 3 aromatic heterocycles. The molecule has 0 saturated heterocycles. The third-order valence-electron chi connectivity index (χ3n) is 4.06. The fraction of sp³-hybridized carbons (Fsp3) is 0.211. The van der Waals surface area contributed by atoms with Crippen LogP contribution >= 0.6 is 0 Å². The van der Waals surface area contributed by atoms with E-state index in [0.29, 0.717) is 0 Å². The van der Waals surface area contributed by atoms with Gasteiger partial charge in [-0.05, 0) is 35.7 Å². The van der Waals surface area contributed by atoms with Crippen molar-refractivity contribution >= 4 is 33.3 Å². The first-order valence-corrected chi connectivity index (χ1v) is 7.98. The molecular formula is C19H19N5. The average Bonchev–Trinajstić information content (AvgIpc) is 2.96. The largest absolute Gasteiger partial charge is 0.337 e. The monoisotopic (exact) mass is 317 g/mol. The number of aromatic nitrogens is 4. The number of fused-ring (bicyclic) bond motifs is 2. The fourth-order valence-electron chi connectivity index (χ4n) is 2.93. The van der Waals surface area contributed by atoms with Crippen LogP contribution in [0.5, 0.6) is 0 Å². The highest BCUT2D eigenvalue weighted by atomic mass is 15.2. The van der Waals surface area contributed by atoms with Crippen molar-refractivity contribution in [1.29, 1.82) is 0 Å². The lowest BCUT2D eigenvalue weighted by atomic mass is 9.88. The van der Waals surface area contributed by atoms with Crippen LogP contribution in [0.3, 0.4) is 0 Å². The van der Waals surface area contributed by atoms with Gasteiger partial charge in [-0.25, -0.2) is 0 Å². The van der Waals surface area contributed by atoms with Crippen molar-refractivity contribution in [1.82, 2.24) is 20.2 Å². The standard InChI is InChI=1S/C19H19N5/c1-19(2,3)17-14-7-6-13(11-12(14)8-10-21-17)22-18-16-15(23-24-18)5-4-9-20-16/h4-11H,1-3H3,(H2,22,23,24). The third-order valence-corrected chi connectivity index (χ3v) is 4.06. The number of H-pyrrole nitrogens is 1. The van der Waals surface area contributed by atoms with E-state index in [0.717, 1.165) is 33.6 Å². The highest BCUT2D eigenvalue weighted by molar-refractivity contribution is 5.91. The molecule has 24 heavy (non-hydrogen) atoms. The Morgan fingerprint density at radius 3 is 2.71 bits per heavy atom. The van der Waals surface area contributed by atoms with Crippen molar-refractivity contribution in [2.45, 2.75) is 26.2 Å². The topological polar surface area (TPSA) is 66.5 Å². The quantitative estimate of drug-likeness (QED) is 0.569. The summed E-state index contributed by atoms with van der Waals surface area (Å²) < 4.78 is 0. The third kappa shape index (κ3) is 2.48. The Bertz CT molecular complexity index is 1030. The summed E-state index contributed by atoms with van der Waals surface area (Å²) in [5.41, 5.74) is 3.85. The van der Waals surface area contributed by atoms with Crippen molar-refractivity contribution in [3.05, 3.63) is 54.5 Å². The lowest BCUT2D eigenvalue weighted by Crippen LogP contribution is -2.13. The number of nitrogens with zero attached hydrogens (tertiary/aromatic N) is 3. The summed E-state index contributed by atoms with van der Waals surface area (Å²) in [6.07, 6.45) is 3.64. The van der Waals surface area contributed by atoms with Crippen LogP contribution in [0.1, 0.15) is 26.5 Å². The molecule has 0 amide bonds. The average molecular weight is 317 g/mol. The minimum Gasteiger partial charge on any atom is -0.337 e. The van der Waals surface area contributed by atoms with Crippen molar-refractivity contribution in [3.63, 3.8) is 0 Å². The summed E-state index contributed by atoms with van der Waals surface area (Å²) in [7, 11) is 0. The summed E-state index contributed by atoms with van der Waals surface area (Å²) in [6.45, 7) is 6.55. The van der Waals surface area contributed by atoms with Gasteiger partial charge in [-0.15, -0.1) is 0 Å². The molecule has 5 heteroatoms. The molecule has 0 aliphatic rings. The van der Waals surface area contributed by atoms with Gasteiger partial charge in [-0.3, -0.25) is 15.1 Å². The van der Waals surface area contributed by atoms with Gasteiger partial charge < -0.3 is 5.32 Å². The van der Waals surface area contributed by atoms with Gasteiger partial charge in [0.2, 0.25) is 0 Å². The van der Waals surface area contributed by atoms with E-state index in [4.69, 9.17) is 0 Å². The second-order valence-electron chi connectivity index (χ2n) is 6.94. The van der Waals surface area contributed by atoms with Crippen molar-refractivity contribution in [2.24, 2.45) is 0 Å². The number of hydrogen-bond donors (Lipinski definition) is 2. The molecule has 0 fully saturated rings. The zero-order valence-corrected chi connectivity index (χ0v) is 14.0. The molecule has 120 valence electrons. The Balaban J connectivity index is 1.76. The normalized spacial score (nSPS) is 12.0. The Morgan fingerprint density at radius 1 is 1.00 bits per heavy atom. The molecule has 0 radical (unpaired) electrons. The first-order valence-electron chi connectivity index (χ1n) is 7.98. The van der Waals surface area contributed by atoms with Crippen LogP contribution in [-0.4, -0.2) is 20.2 Å². The molecular weight excluding hydrogens is 298 g/mol. The second-order valence-corrected chi connectivity index (χ2v) is 6.94. The van der Waals surface area contributed by atoms with Gasteiger partial charge in [0.1, 0.15) is 5.52 Å². The van der Waals surface area contributed by atoms with Gasteiger partial charge in [-0.2, -0.15) is 5.10 Å². The Labute approximate surface area is 140 Å². The highest BCUT2D eigenvalue weighted by Crippen LogP contribution is 2.30. The van der Waals surface area contributed by atoms with Crippen LogP contribution in [0.2, 0.25) is 0 Å². The van der Waals surface area contributed by atoms with Gasteiger partial charge in [0.25, 0.3) is 0 Å². The van der Waals surface area contributed by atoms with E-state index in [1.54, 1.807) is 6.20 Å². The van der Waals surface area contributed by atoms with Gasteiger partial charge in [0, 0.05) is 28.9 Å². The molecule has 4 aromatic rings. The minimum atomic E-state index is 0.0107. The van der Waals surface area contributed by atoms with Crippen LogP contribution < -0.4 is 5.32 Å². The van der Waals surface area contributed by atoms with Gasteiger partial charge in [0.15, 0.2) is 5.82 Å². The summed E-state index contributed by atoms with van der Waals surface area (Å²) in [4.78, 5) is 8.96. The first-order chi connectivity index (χ1) is 11.5. The maximum Gasteiger partial charge on any atom is 0.178 e. The van der Waals surface area contributed by atoms with Crippen LogP contribution in [0.15, 0.2) is 48.8 Å². The molecule has 3 heterocycles. The molecule has 1 aromatic carbocycles. The number of anilines is 2. The Hall–Kier alpha value is -2.95. The summed E-state index contributed by atoms with van der Waals surface area (Å²) >= 11 is 0. The predicted molar refractivity (Wildman–Crippen MR) is 97.6 cm³/mol. The molecule has 0 unspecified atom stereocenters. The van der Waals surface area contributed by atoms with Gasteiger partial charge in [0.05, 0.1) is 11.2 Å². The molecule has 4 rings (SSSR count). The number of rotatable bonds is 2. The molecule has 2 N–H and O–H groups in total. The molecule has 0 aliphatic heterocycles. The summed E-state index contributed by atoms with van der Waals surface area (Å²) in [6, 6.07) is 12.2. The number of nitrogens with one attached hydrogen (secondary N) is 2. The van der Waals surface area contributed by atoms with Crippen LogP contribution in [0, 0.1) is 0 Å². The Morgan fingerprint density at radius 2 is 1.88 bits per heavy atom. The lowest BCUT2D eigenvalue weighted by molar-refractivity contribution is 0.575. The molecule has 0 atom stereocenters. The van der Waals surface area contributed by atoms with E-state index in [9.17, 15) is 0 Å². The van der Waals surface area contributed by atoms with Crippen molar-refractivity contribution in [3.8, 4) is 0 Å². The Kier molecular flexibility index (Phi) is 3.23. The van der Waals surface area contributed by atoms with E-state index < -0.39 is 0 Å². The molecule has 0 spiro atoms. The fourth-order valence-corrected chi connectivity index (χ4v) is 2.93. The molecule has 0 bridgehead atoms. The molecule has 0 aliphatic carbocycles. The van der Waals surface area contributed by atoms with Gasteiger partial charge in [-0.1, -0.05) is 26.8 Å². The van der Waals surface area contributed by atoms with Crippen LogP contribution in [0.25, 0.3) is 21.8 Å². The summed E-state index contributed by atoms with van der Waals surface area (Å²) in [5.74, 6) is 0.732. The maximum absolute atomic E-state index is 4.58. The van der Waals surface area contributed by atoms with Crippen molar-refractivity contribution in [2.75, 3.05) is 5.32 Å². The smallest absolute Gasteiger partial charge is 0.178 e. The van der Waals surface area contributed by atoms with E-state index in [2.05, 4.69) is 64.5 Å². The molecule has 0 saturated carbocycles. The number of benzene rings is 1. The van der Waals surface area contributed by atoms with E-state index in [-0.39, 0.29) is 5.41 Å². The van der Waals surface area contributed by atoms with Crippen molar-refractivity contribution < 1.29 is 0 Å².